The molecular weight excluding hydrogens is 148 g/mol. The van der Waals surface area contributed by atoms with E-state index < -0.39 is 0 Å². The molecule has 1 fully saturated rings. The summed E-state index contributed by atoms with van der Waals surface area (Å²) in [5, 5.41) is 0. The van der Waals surface area contributed by atoms with Gasteiger partial charge in [0.05, 0.1) is 0 Å². The molecule has 10 heavy (non-hydrogen) atoms. The maximum Gasteiger partial charge on any atom is 0.0192 e. The first-order valence-corrected chi connectivity index (χ1v) is 3.82. The van der Waals surface area contributed by atoms with Gasteiger partial charge in [-0.15, -0.1) is 12.4 Å². The molecule has 0 heterocycles. The van der Waals surface area contributed by atoms with E-state index in [1.807, 2.05) is 0 Å². The molecule has 0 aromatic rings. The maximum atomic E-state index is 5.75. The molecule has 0 aromatic carbocycles. The fourth-order valence-corrected chi connectivity index (χ4v) is 1.37. The van der Waals surface area contributed by atoms with Gasteiger partial charge in [0.2, 0.25) is 0 Å². The average Bonchev–Trinajstić information content (AvgIpc) is 1.99. The summed E-state index contributed by atoms with van der Waals surface area (Å²) in [4.78, 5) is 0. The Balaban J connectivity index is 0.000000810. The van der Waals surface area contributed by atoms with Crippen molar-refractivity contribution in [3.63, 3.8) is 0 Å². The van der Waals surface area contributed by atoms with Crippen molar-refractivity contribution in [2.45, 2.75) is 44.2 Å². The number of rotatable bonds is 0. The standard InChI is InChI=1S/C7H16N2.ClH/c8-6-4-2-1-3-5-7(6)9;/h6-7H,1-5,8-9H2;1H. The van der Waals surface area contributed by atoms with Gasteiger partial charge in [-0.1, -0.05) is 19.3 Å². The molecule has 62 valence electrons. The Hall–Kier alpha value is 0.210. The molecular formula is C7H17ClN2. The fourth-order valence-electron chi connectivity index (χ4n) is 1.37. The summed E-state index contributed by atoms with van der Waals surface area (Å²) < 4.78 is 0. The summed E-state index contributed by atoms with van der Waals surface area (Å²) in [6.07, 6.45) is 6.12. The van der Waals surface area contributed by atoms with E-state index >= 15 is 0 Å². The highest BCUT2D eigenvalue weighted by atomic mass is 35.5. The molecule has 0 aromatic heterocycles. The van der Waals surface area contributed by atoms with E-state index in [-0.39, 0.29) is 24.5 Å². The van der Waals surface area contributed by atoms with Crippen LogP contribution in [0.5, 0.6) is 0 Å². The smallest absolute Gasteiger partial charge is 0.0192 e. The molecule has 0 amide bonds. The lowest BCUT2D eigenvalue weighted by atomic mass is 10.1. The predicted octanol–water partition coefficient (Wildman–Crippen LogP) is 1.03. The van der Waals surface area contributed by atoms with Crippen LogP contribution in [0.15, 0.2) is 0 Å². The minimum absolute atomic E-state index is 0. The average molecular weight is 165 g/mol. The number of hydrogen-bond acceptors (Lipinski definition) is 2. The summed E-state index contributed by atoms with van der Waals surface area (Å²) in [7, 11) is 0. The second-order valence-corrected chi connectivity index (χ2v) is 2.97. The van der Waals surface area contributed by atoms with Gasteiger partial charge in [-0.2, -0.15) is 0 Å². The molecule has 1 aliphatic carbocycles. The highest BCUT2D eigenvalue weighted by Crippen LogP contribution is 2.14. The van der Waals surface area contributed by atoms with Crippen LogP contribution in [-0.4, -0.2) is 12.1 Å². The highest BCUT2D eigenvalue weighted by molar-refractivity contribution is 5.85. The van der Waals surface area contributed by atoms with E-state index in [0.717, 1.165) is 12.8 Å². The highest BCUT2D eigenvalue weighted by Gasteiger charge is 2.15. The fraction of sp³-hybridized carbons (Fsp3) is 1.00. The minimum atomic E-state index is 0. The third-order valence-electron chi connectivity index (χ3n) is 2.12. The van der Waals surface area contributed by atoms with E-state index in [4.69, 9.17) is 11.5 Å². The zero-order valence-corrected chi connectivity index (χ0v) is 7.07. The van der Waals surface area contributed by atoms with Gasteiger partial charge in [0.1, 0.15) is 0 Å². The molecule has 2 nitrogen and oxygen atoms in total. The van der Waals surface area contributed by atoms with E-state index in [0.29, 0.717) is 0 Å². The van der Waals surface area contributed by atoms with Crippen molar-refractivity contribution in [1.82, 2.24) is 0 Å². The molecule has 0 radical (unpaired) electrons. The van der Waals surface area contributed by atoms with Crippen molar-refractivity contribution in [2.24, 2.45) is 11.5 Å². The molecule has 0 saturated heterocycles. The van der Waals surface area contributed by atoms with Crippen molar-refractivity contribution < 1.29 is 0 Å². The molecule has 2 unspecified atom stereocenters. The topological polar surface area (TPSA) is 52.0 Å². The van der Waals surface area contributed by atoms with Crippen molar-refractivity contribution in [3.8, 4) is 0 Å². The Kier molecular flexibility index (Phi) is 5.04. The van der Waals surface area contributed by atoms with Crippen molar-refractivity contribution in [1.29, 1.82) is 0 Å². The molecule has 2 atom stereocenters. The predicted molar refractivity (Wildman–Crippen MR) is 46.3 cm³/mol. The first-order chi connectivity index (χ1) is 4.30. The zero-order chi connectivity index (χ0) is 6.69. The van der Waals surface area contributed by atoms with Crippen LogP contribution >= 0.6 is 12.4 Å². The molecule has 1 aliphatic rings. The normalized spacial score (nSPS) is 34.2. The van der Waals surface area contributed by atoms with Crippen LogP contribution in [-0.2, 0) is 0 Å². The maximum absolute atomic E-state index is 5.75. The van der Waals surface area contributed by atoms with Crippen molar-refractivity contribution >= 4 is 12.4 Å². The molecule has 4 N–H and O–H groups in total. The number of nitrogens with two attached hydrogens (primary N) is 2. The van der Waals surface area contributed by atoms with Crippen LogP contribution in [0.25, 0.3) is 0 Å². The second kappa shape index (κ2) is 4.94. The van der Waals surface area contributed by atoms with Gasteiger partial charge >= 0.3 is 0 Å². The molecule has 3 heteroatoms. The van der Waals surface area contributed by atoms with Crippen LogP contribution in [0.4, 0.5) is 0 Å². The summed E-state index contributed by atoms with van der Waals surface area (Å²) >= 11 is 0. The SMILES string of the molecule is Cl.NC1CCCCCC1N. The van der Waals surface area contributed by atoms with Crippen LogP contribution < -0.4 is 11.5 Å². The van der Waals surface area contributed by atoms with E-state index in [1.54, 1.807) is 0 Å². The first-order valence-electron chi connectivity index (χ1n) is 3.82. The van der Waals surface area contributed by atoms with Gasteiger partial charge in [0.15, 0.2) is 0 Å². The molecule has 0 aliphatic heterocycles. The van der Waals surface area contributed by atoms with Crippen molar-refractivity contribution in [2.75, 3.05) is 0 Å². The number of halogens is 1. The van der Waals surface area contributed by atoms with Crippen LogP contribution in [0.3, 0.4) is 0 Å². The van der Waals surface area contributed by atoms with Gasteiger partial charge in [0.25, 0.3) is 0 Å². The van der Waals surface area contributed by atoms with Crippen LogP contribution in [0.1, 0.15) is 32.1 Å². The molecule has 1 rings (SSSR count). The van der Waals surface area contributed by atoms with Gasteiger partial charge in [-0.25, -0.2) is 0 Å². The summed E-state index contributed by atoms with van der Waals surface area (Å²) in [6, 6.07) is 0.542. The Morgan fingerprint density at radius 1 is 0.800 bits per heavy atom. The van der Waals surface area contributed by atoms with Crippen molar-refractivity contribution in [3.05, 3.63) is 0 Å². The lowest BCUT2D eigenvalue weighted by Crippen LogP contribution is -2.40. The third kappa shape index (κ3) is 2.86. The Morgan fingerprint density at radius 2 is 1.20 bits per heavy atom. The lowest BCUT2D eigenvalue weighted by molar-refractivity contribution is 0.500. The lowest BCUT2D eigenvalue weighted by Gasteiger charge is -2.14. The Bertz CT molecular complexity index is 77.7. The zero-order valence-electron chi connectivity index (χ0n) is 6.25. The van der Waals surface area contributed by atoms with E-state index in [1.165, 1.54) is 19.3 Å². The van der Waals surface area contributed by atoms with Crippen LogP contribution in [0.2, 0.25) is 0 Å². The van der Waals surface area contributed by atoms with Gasteiger partial charge in [0, 0.05) is 12.1 Å². The summed E-state index contributed by atoms with van der Waals surface area (Å²) in [5.74, 6) is 0. The summed E-state index contributed by atoms with van der Waals surface area (Å²) in [6.45, 7) is 0. The first kappa shape index (κ1) is 10.2. The summed E-state index contributed by atoms with van der Waals surface area (Å²) in [5.41, 5.74) is 11.5. The van der Waals surface area contributed by atoms with E-state index in [2.05, 4.69) is 0 Å². The quantitative estimate of drug-likeness (QED) is 0.526. The van der Waals surface area contributed by atoms with Gasteiger partial charge in [-0.3, -0.25) is 0 Å². The monoisotopic (exact) mass is 164 g/mol. The van der Waals surface area contributed by atoms with E-state index in [9.17, 15) is 0 Å². The largest absolute Gasteiger partial charge is 0.326 e. The minimum Gasteiger partial charge on any atom is -0.326 e. The van der Waals surface area contributed by atoms with Gasteiger partial charge < -0.3 is 11.5 Å². The Morgan fingerprint density at radius 3 is 1.60 bits per heavy atom. The molecule has 0 spiro atoms. The third-order valence-corrected chi connectivity index (χ3v) is 2.12. The van der Waals surface area contributed by atoms with Crippen LogP contribution in [0, 0.1) is 0 Å². The Labute approximate surface area is 68.8 Å². The number of hydrogen-bond donors (Lipinski definition) is 2. The van der Waals surface area contributed by atoms with Gasteiger partial charge in [-0.05, 0) is 12.8 Å². The molecule has 1 saturated carbocycles. The molecule has 0 bridgehead atoms. The second-order valence-electron chi connectivity index (χ2n) is 2.97.